The zero-order chi connectivity index (χ0) is 23.0. The summed E-state index contributed by atoms with van der Waals surface area (Å²) in [6.07, 6.45) is 0.143. The molecule has 10 heteroatoms. The number of nitrogens with one attached hydrogen (secondary N) is 1. The molecule has 1 N–H and O–H groups in total. The zero-order valence-corrected chi connectivity index (χ0v) is 19.2. The lowest BCUT2D eigenvalue weighted by Crippen LogP contribution is -2.21. The molecule has 1 heterocycles. The van der Waals surface area contributed by atoms with Crippen LogP contribution in [0.25, 0.3) is 0 Å². The fourth-order valence-corrected chi connectivity index (χ4v) is 4.47. The summed E-state index contributed by atoms with van der Waals surface area (Å²) in [6.45, 7) is 3.04. The first-order chi connectivity index (χ1) is 14.8. The molecule has 1 amide bonds. The number of hydrogen-bond acceptors (Lipinski definition) is 9. The van der Waals surface area contributed by atoms with Crippen LogP contribution in [0, 0.1) is 13.8 Å². The minimum absolute atomic E-state index is 0.0575. The molecule has 0 bridgehead atoms. The Hall–Kier alpha value is -2.85. The maximum absolute atomic E-state index is 12.2. The first kappa shape index (κ1) is 24.4. The van der Waals surface area contributed by atoms with Crippen molar-refractivity contribution in [3.8, 4) is 0 Å². The van der Waals surface area contributed by atoms with Crippen molar-refractivity contribution in [2.24, 2.45) is 0 Å². The van der Waals surface area contributed by atoms with Gasteiger partial charge in [-0.1, -0.05) is 17.7 Å². The van der Waals surface area contributed by atoms with Crippen molar-refractivity contribution in [3.05, 3.63) is 45.8 Å². The van der Waals surface area contributed by atoms with Gasteiger partial charge in [-0.05, 0) is 31.5 Å². The van der Waals surface area contributed by atoms with Gasteiger partial charge in [-0.25, -0.2) is 9.59 Å². The first-order valence-corrected chi connectivity index (χ1v) is 11.0. The van der Waals surface area contributed by atoms with Gasteiger partial charge in [0.2, 0.25) is 0 Å². The first-order valence-electron chi connectivity index (χ1n) is 9.21. The summed E-state index contributed by atoms with van der Waals surface area (Å²) in [4.78, 5) is 49.3. The van der Waals surface area contributed by atoms with E-state index in [4.69, 9.17) is 14.2 Å². The number of esters is 3. The minimum Gasteiger partial charge on any atom is -0.465 e. The van der Waals surface area contributed by atoms with Crippen LogP contribution < -0.4 is 5.32 Å². The molecule has 0 saturated carbocycles. The predicted octanol–water partition coefficient (Wildman–Crippen LogP) is 3.60. The van der Waals surface area contributed by atoms with Crippen LogP contribution >= 0.6 is 23.1 Å². The Labute approximate surface area is 188 Å². The van der Waals surface area contributed by atoms with Gasteiger partial charge in [-0.3, -0.25) is 9.59 Å². The number of methoxy groups -OCH3 is 2. The summed E-state index contributed by atoms with van der Waals surface area (Å²) in [6, 6.07) is 7.93. The Morgan fingerprint density at radius 1 is 1.00 bits per heavy atom. The number of thiophene rings is 1. The molecule has 2 aromatic rings. The molecule has 0 aliphatic rings. The Kier molecular flexibility index (Phi) is 9.07. The highest BCUT2D eigenvalue weighted by molar-refractivity contribution is 7.99. The summed E-state index contributed by atoms with van der Waals surface area (Å²) < 4.78 is 14.4. The number of carbonyl (C=O) groups is 4. The van der Waals surface area contributed by atoms with Crippen LogP contribution in [0.15, 0.2) is 29.2 Å². The lowest BCUT2D eigenvalue weighted by molar-refractivity contribution is -0.146. The van der Waals surface area contributed by atoms with Crippen molar-refractivity contribution in [2.75, 3.05) is 31.9 Å². The third kappa shape index (κ3) is 6.83. The molecule has 0 atom stereocenters. The maximum Gasteiger partial charge on any atom is 0.348 e. The van der Waals surface area contributed by atoms with Crippen molar-refractivity contribution in [1.29, 1.82) is 0 Å². The van der Waals surface area contributed by atoms with Gasteiger partial charge in [0.25, 0.3) is 5.91 Å². The van der Waals surface area contributed by atoms with Crippen LogP contribution in [-0.4, -0.2) is 50.4 Å². The maximum atomic E-state index is 12.2. The second-order valence-electron chi connectivity index (χ2n) is 6.36. The molecule has 0 fully saturated rings. The van der Waals surface area contributed by atoms with E-state index in [1.807, 2.05) is 31.2 Å². The Balaban J connectivity index is 1.90. The van der Waals surface area contributed by atoms with Gasteiger partial charge in [0, 0.05) is 10.6 Å². The fraction of sp³-hybridized carbons (Fsp3) is 0.333. The van der Waals surface area contributed by atoms with Crippen LogP contribution in [-0.2, 0) is 23.8 Å². The van der Waals surface area contributed by atoms with Gasteiger partial charge in [-0.15, -0.1) is 23.1 Å². The Morgan fingerprint density at radius 2 is 1.65 bits per heavy atom. The second-order valence-corrected chi connectivity index (χ2v) is 8.55. The summed E-state index contributed by atoms with van der Waals surface area (Å²) in [5.74, 6) is -1.97. The fourth-order valence-electron chi connectivity index (χ4n) is 2.50. The van der Waals surface area contributed by atoms with Gasteiger partial charge < -0.3 is 19.5 Å². The molecule has 31 heavy (non-hydrogen) atoms. The lowest BCUT2D eigenvalue weighted by Gasteiger charge is -2.07. The number of anilines is 1. The Morgan fingerprint density at radius 3 is 2.26 bits per heavy atom. The molecular weight excluding hydrogens is 442 g/mol. The highest BCUT2D eigenvalue weighted by Crippen LogP contribution is 2.34. The third-order valence-corrected chi connectivity index (χ3v) is 6.32. The van der Waals surface area contributed by atoms with E-state index >= 15 is 0 Å². The molecule has 166 valence electrons. The van der Waals surface area contributed by atoms with Crippen molar-refractivity contribution in [3.63, 3.8) is 0 Å². The van der Waals surface area contributed by atoms with E-state index < -0.39 is 30.4 Å². The molecule has 0 aliphatic carbocycles. The number of amides is 1. The topological polar surface area (TPSA) is 108 Å². The highest BCUT2D eigenvalue weighted by atomic mass is 32.2. The van der Waals surface area contributed by atoms with E-state index in [2.05, 4.69) is 5.32 Å². The average Bonchev–Trinajstić information content (AvgIpc) is 3.08. The van der Waals surface area contributed by atoms with Crippen molar-refractivity contribution in [2.45, 2.75) is 25.2 Å². The molecule has 1 aromatic carbocycles. The molecule has 0 saturated heterocycles. The van der Waals surface area contributed by atoms with E-state index in [1.54, 1.807) is 6.92 Å². The standard InChI is InChI=1S/C21H23NO7S2/c1-12-5-7-14(8-6-12)30-10-9-16(24)29-11-15(23)22-19-17(20(25)27-3)13(2)18(31-19)21(26)28-4/h5-8H,9-11H2,1-4H3,(H,22,23). The number of rotatable bonds is 9. The zero-order valence-electron chi connectivity index (χ0n) is 17.6. The number of hydrogen-bond donors (Lipinski definition) is 1. The molecule has 0 unspecified atom stereocenters. The number of benzene rings is 1. The SMILES string of the molecule is COC(=O)c1sc(NC(=O)COC(=O)CCSc2ccc(C)cc2)c(C(=O)OC)c1C. The Bertz CT molecular complexity index is 967. The summed E-state index contributed by atoms with van der Waals surface area (Å²) in [5.41, 5.74) is 1.55. The van der Waals surface area contributed by atoms with Crippen molar-refractivity contribution < 1.29 is 33.4 Å². The predicted molar refractivity (Wildman–Crippen MR) is 118 cm³/mol. The van der Waals surface area contributed by atoms with Crippen LogP contribution in [0.2, 0.25) is 0 Å². The van der Waals surface area contributed by atoms with Gasteiger partial charge in [-0.2, -0.15) is 0 Å². The van der Waals surface area contributed by atoms with E-state index in [0.29, 0.717) is 11.3 Å². The van der Waals surface area contributed by atoms with E-state index in [1.165, 1.54) is 26.0 Å². The minimum atomic E-state index is -0.704. The van der Waals surface area contributed by atoms with Gasteiger partial charge >= 0.3 is 17.9 Å². The molecular formula is C21H23NO7S2. The van der Waals surface area contributed by atoms with Crippen LogP contribution in [0.5, 0.6) is 0 Å². The van der Waals surface area contributed by atoms with E-state index in [-0.39, 0.29) is 21.9 Å². The number of ether oxygens (including phenoxy) is 3. The van der Waals surface area contributed by atoms with Crippen molar-refractivity contribution in [1.82, 2.24) is 0 Å². The number of carbonyl (C=O) groups excluding carboxylic acids is 4. The van der Waals surface area contributed by atoms with E-state index in [0.717, 1.165) is 21.8 Å². The van der Waals surface area contributed by atoms with Gasteiger partial charge in [0.1, 0.15) is 9.88 Å². The number of aryl methyl sites for hydroxylation is 1. The van der Waals surface area contributed by atoms with Crippen LogP contribution in [0.3, 0.4) is 0 Å². The molecule has 2 rings (SSSR count). The van der Waals surface area contributed by atoms with Gasteiger partial charge in [0.15, 0.2) is 6.61 Å². The largest absolute Gasteiger partial charge is 0.465 e. The molecule has 0 spiro atoms. The highest BCUT2D eigenvalue weighted by Gasteiger charge is 2.26. The molecule has 0 aliphatic heterocycles. The number of thioether (sulfide) groups is 1. The van der Waals surface area contributed by atoms with Crippen LogP contribution in [0.1, 0.15) is 37.6 Å². The monoisotopic (exact) mass is 465 g/mol. The second kappa shape index (κ2) is 11.5. The molecule has 1 aromatic heterocycles. The average molecular weight is 466 g/mol. The summed E-state index contributed by atoms with van der Waals surface area (Å²) in [5, 5.41) is 2.62. The van der Waals surface area contributed by atoms with Crippen LogP contribution in [0.4, 0.5) is 5.00 Å². The smallest absolute Gasteiger partial charge is 0.348 e. The molecule has 0 radical (unpaired) electrons. The van der Waals surface area contributed by atoms with E-state index in [9.17, 15) is 19.2 Å². The normalized spacial score (nSPS) is 10.3. The summed E-state index contributed by atoms with van der Waals surface area (Å²) in [7, 11) is 2.41. The summed E-state index contributed by atoms with van der Waals surface area (Å²) >= 11 is 2.40. The quantitative estimate of drug-likeness (QED) is 0.340. The van der Waals surface area contributed by atoms with Gasteiger partial charge in [0.05, 0.1) is 26.2 Å². The third-order valence-electron chi connectivity index (χ3n) is 4.12. The molecule has 8 nitrogen and oxygen atoms in total. The van der Waals surface area contributed by atoms with Crippen molar-refractivity contribution >= 4 is 51.9 Å². The lowest BCUT2D eigenvalue weighted by atomic mass is 10.1.